The summed E-state index contributed by atoms with van der Waals surface area (Å²) >= 11 is 9.04. The minimum Gasteiger partial charge on any atom is -0.319 e. The lowest BCUT2D eigenvalue weighted by Gasteiger charge is -2.34. The quantitative estimate of drug-likeness (QED) is 0.765. The second-order valence-electron chi connectivity index (χ2n) is 5.23. The predicted molar refractivity (Wildman–Crippen MR) is 90.7 cm³/mol. The smallest absolute Gasteiger partial charge is 0.319 e. The summed E-state index contributed by atoms with van der Waals surface area (Å²) in [4.78, 5) is 19.8. The van der Waals surface area contributed by atoms with E-state index in [0.717, 1.165) is 5.69 Å². The van der Waals surface area contributed by atoms with Crippen LogP contribution in [0.5, 0.6) is 0 Å². The number of carbonyl (C=O) groups is 1. The molecule has 23 heavy (non-hydrogen) atoms. The van der Waals surface area contributed by atoms with E-state index in [-0.39, 0.29) is 17.6 Å². The van der Waals surface area contributed by atoms with E-state index in [1.54, 1.807) is 17.7 Å². The van der Waals surface area contributed by atoms with Crippen LogP contribution in [0, 0.1) is 5.82 Å². The third-order valence-electron chi connectivity index (χ3n) is 3.78. The van der Waals surface area contributed by atoms with Gasteiger partial charge in [0.1, 0.15) is 11.5 Å². The van der Waals surface area contributed by atoms with Crippen molar-refractivity contribution in [1.29, 1.82) is 0 Å². The molecule has 2 heterocycles. The molecule has 3 rings (SSSR count). The van der Waals surface area contributed by atoms with Crippen molar-refractivity contribution in [3.8, 4) is 0 Å². The number of hydrogen-bond donors (Lipinski definition) is 0. The van der Waals surface area contributed by atoms with E-state index >= 15 is 0 Å². The summed E-state index contributed by atoms with van der Waals surface area (Å²) in [5, 5.41) is 0.0486. The standard InChI is InChI=1S/C15H13BrClFN4O/c1-8-12-13(19-14(16)20(12)2)21(3)15(23)22(8)7-9-4-5-10(17)11(18)6-9/h4-6H,1,7H2,2-3H3. The Balaban J connectivity index is 2.00. The van der Waals surface area contributed by atoms with Gasteiger partial charge in [0.2, 0.25) is 0 Å². The summed E-state index contributed by atoms with van der Waals surface area (Å²) in [6, 6.07) is 4.20. The van der Waals surface area contributed by atoms with E-state index in [4.69, 9.17) is 11.6 Å². The summed E-state index contributed by atoms with van der Waals surface area (Å²) in [5.74, 6) is 0.0180. The summed E-state index contributed by atoms with van der Waals surface area (Å²) in [6.07, 6.45) is 0. The highest BCUT2D eigenvalue weighted by atomic mass is 79.9. The van der Waals surface area contributed by atoms with E-state index in [1.807, 2.05) is 7.05 Å². The van der Waals surface area contributed by atoms with Gasteiger partial charge in [-0.3, -0.25) is 9.80 Å². The molecule has 2 amide bonds. The molecule has 0 saturated heterocycles. The van der Waals surface area contributed by atoms with Gasteiger partial charge in [0.15, 0.2) is 10.6 Å². The molecule has 0 saturated carbocycles. The molecular weight excluding hydrogens is 387 g/mol. The van der Waals surface area contributed by atoms with Crippen LogP contribution in [0.15, 0.2) is 29.5 Å². The molecule has 0 fully saturated rings. The van der Waals surface area contributed by atoms with Crippen LogP contribution in [0.25, 0.3) is 5.70 Å². The highest BCUT2D eigenvalue weighted by Crippen LogP contribution is 2.36. The van der Waals surface area contributed by atoms with Crippen molar-refractivity contribution in [2.24, 2.45) is 7.05 Å². The number of aromatic nitrogens is 2. The molecule has 0 N–H and O–H groups in total. The maximum atomic E-state index is 13.6. The summed E-state index contributed by atoms with van der Waals surface area (Å²) < 4.78 is 16.0. The van der Waals surface area contributed by atoms with Gasteiger partial charge < -0.3 is 4.57 Å². The molecule has 1 aliphatic heterocycles. The number of fused-ring (bicyclic) bond motifs is 1. The van der Waals surface area contributed by atoms with Crippen molar-refractivity contribution in [1.82, 2.24) is 14.5 Å². The van der Waals surface area contributed by atoms with Gasteiger partial charge >= 0.3 is 6.03 Å². The topological polar surface area (TPSA) is 41.4 Å². The van der Waals surface area contributed by atoms with Crippen LogP contribution in [0.3, 0.4) is 0 Å². The van der Waals surface area contributed by atoms with Gasteiger partial charge in [-0.05, 0) is 33.6 Å². The second-order valence-corrected chi connectivity index (χ2v) is 6.35. The third kappa shape index (κ3) is 2.53. The van der Waals surface area contributed by atoms with E-state index in [9.17, 15) is 9.18 Å². The van der Waals surface area contributed by atoms with E-state index in [2.05, 4.69) is 27.5 Å². The van der Waals surface area contributed by atoms with Crippen molar-refractivity contribution in [2.75, 3.05) is 11.9 Å². The Hall–Kier alpha value is -1.86. The first-order valence-electron chi connectivity index (χ1n) is 6.72. The molecule has 120 valence electrons. The number of halogens is 3. The van der Waals surface area contributed by atoms with Gasteiger partial charge in [-0.25, -0.2) is 14.2 Å². The van der Waals surface area contributed by atoms with Gasteiger partial charge in [-0.1, -0.05) is 24.2 Å². The van der Waals surface area contributed by atoms with E-state index < -0.39 is 5.82 Å². The average Bonchev–Trinajstić information content (AvgIpc) is 2.81. The zero-order chi connectivity index (χ0) is 16.9. The van der Waals surface area contributed by atoms with Gasteiger partial charge in [-0.15, -0.1) is 0 Å². The van der Waals surface area contributed by atoms with Gasteiger partial charge in [-0.2, -0.15) is 0 Å². The minimum atomic E-state index is -0.517. The Morgan fingerprint density at radius 3 is 2.74 bits per heavy atom. The van der Waals surface area contributed by atoms with Crippen LogP contribution in [0.1, 0.15) is 11.3 Å². The lowest BCUT2D eigenvalue weighted by Crippen LogP contribution is -2.44. The summed E-state index contributed by atoms with van der Waals surface area (Å²) in [6.45, 7) is 4.20. The Kier molecular flexibility index (Phi) is 3.93. The molecule has 0 unspecified atom stereocenters. The molecule has 5 nitrogen and oxygen atoms in total. The second kappa shape index (κ2) is 5.65. The third-order valence-corrected chi connectivity index (χ3v) is 4.80. The number of carbonyl (C=O) groups excluding carboxylic acids is 1. The fraction of sp³-hybridized carbons (Fsp3) is 0.200. The van der Waals surface area contributed by atoms with Crippen LogP contribution < -0.4 is 4.90 Å². The number of amides is 2. The van der Waals surface area contributed by atoms with Crippen molar-refractivity contribution in [2.45, 2.75) is 6.54 Å². The number of nitrogens with zero attached hydrogens (tertiary/aromatic N) is 4. The minimum absolute atomic E-state index is 0.0486. The molecule has 0 atom stereocenters. The first-order chi connectivity index (χ1) is 10.8. The summed E-state index contributed by atoms with van der Waals surface area (Å²) in [7, 11) is 3.47. The number of hydrogen-bond acceptors (Lipinski definition) is 2. The van der Waals surface area contributed by atoms with Crippen LogP contribution in [-0.4, -0.2) is 27.5 Å². The Labute approximate surface area is 146 Å². The molecule has 0 aliphatic carbocycles. The fourth-order valence-corrected chi connectivity index (χ4v) is 2.98. The molecule has 1 aromatic carbocycles. The first kappa shape index (κ1) is 16.0. The van der Waals surface area contributed by atoms with E-state index in [0.29, 0.717) is 21.8 Å². The lowest BCUT2D eigenvalue weighted by atomic mass is 10.1. The van der Waals surface area contributed by atoms with Crippen molar-refractivity contribution >= 4 is 45.1 Å². The lowest BCUT2D eigenvalue weighted by molar-refractivity contribution is 0.222. The maximum Gasteiger partial charge on any atom is 0.330 e. The van der Waals surface area contributed by atoms with E-state index in [1.165, 1.54) is 21.9 Å². The largest absolute Gasteiger partial charge is 0.330 e. The van der Waals surface area contributed by atoms with Crippen molar-refractivity contribution in [3.05, 3.63) is 51.6 Å². The number of benzene rings is 1. The number of urea groups is 1. The molecule has 1 aliphatic rings. The zero-order valence-electron chi connectivity index (χ0n) is 12.5. The molecule has 1 aromatic heterocycles. The van der Waals surface area contributed by atoms with Crippen LogP contribution in [0.2, 0.25) is 5.02 Å². The predicted octanol–water partition coefficient (Wildman–Crippen LogP) is 4.02. The molecule has 0 bridgehead atoms. The molecular formula is C15H13BrClFN4O. The fourth-order valence-electron chi connectivity index (χ4n) is 2.51. The van der Waals surface area contributed by atoms with Crippen molar-refractivity contribution < 1.29 is 9.18 Å². The van der Waals surface area contributed by atoms with Crippen molar-refractivity contribution in [3.63, 3.8) is 0 Å². The monoisotopic (exact) mass is 398 g/mol. The molecule has 2 aromatic rings. The maximum absolute atomic E-state index is 13.6. The van der Waals surface area contributed by atoms with Crippen LogP contribution >= 0.6 is 27.5 Å². The summed E-state index contributed by atoms with van der Waals surface area (Å²) in [5.41, 5.74) is 1.87. The molecule has 8 heteroatoms. The number of imidazole rings is 1. The molecule has 0 radical (unpaired) electrons. The van der Waals surface area contributed by atoms with Gasteiger partial charge in [0, 0.05) is 14.1 Å². The Morgan fingerprint density at radius 2 is 2.09 bits per heavy atom. The highest BCUT2D eigenvalue weighted by Gasteiger charge is 2.35. The van der Waals surface area contributed by atoms with Gasteiger partial charge in [0.25, 0.3) is 0 Å². The SMILES string of the molecule is C=C1c2c(nc(Br)n2C)N(C)C(=O)N1Cc1ccc(Cl)c(F)c1. The van der Waals surface area contributed by atoms with Gasteiger partial charge in [0.05, 0.1) is 17.3 Å². The Bertz CT molecular complexity index is 835. The van der Waals surface area contributed by atoms with Crippen LogP contribution in [-0.2, 0) is 13.6 Å². The zero-order valence-corrected chi connectivity index (χ0v) is 14.8. The number of anilines is 1. The average molecular weight is 400 g/mol. The molecule has 0 spiro atoms. The first-order valence-corrected chi connectivity index (χ1v) is 7.89. The number of rotatable bonds is 2. The highest BCUT2D eigenvalue weighted by molar-refractivity contribution is 9.10. The normalized spacial score (nSPS) is 14.5. The van der Waals surface area contributed by atoms with Crippen LogP contribution in [0.4, 0.5) is 15.0 Å². The Morgan fingerprint density at radius 1 is 1.39 bits per heavy atom.